The number of para-hydroxylation sites is 1. The van der Waals surface area contributed by atoms with Crippen molar-refractivity contribution in [2.45, 2.75) is 13.1 Å². The van der Waals surface area contributed by atoms with E-state index in [9.17, 15) is 4.79 Å². The molecule has 0 saturated heterocycles. The number of hydrogen-bond donors (Lipinski definition) is 0. The first-order valence-electron chi connectivity index (χ1n) is 6.36. The molecular formula is C15H14ClN3O. The van der Waals surface area contributed by atoms with Crippen LogP contribution < -0.4 is 4.90 Å². The molecule has 0 unspecified atom stereocenters. The van der Waals surface area contributed by atoms with Crippen molar-refractivity contribution in [3.05, 3.63) is 58.9 Å². The van der Waals surface area contributed by atoms with Gasteiger partial charge in [0, 0.05) is 19.8 Å². The summed E-state index contributed by atoms with van der Waals surface area (Å²) in [6, 6.07) is 11.6. The number of pyridine rings is 1. The molecule has 4 nitrogen and oxygen atoms in total. The van der Waals surface area contributed by atoms with E-state index < -0.39 is 0 Å². The minimum atomic E-state index is -0.00312. The van der Waals surface area contributed by atoms with Gasteiger partial charge in [0.15, 0.2) is 0 Å². The van der Waals surface area contributed by atoms with Crippen LogP contribution in [0, 0.1) is 0 Å². The molecule has 0 saturated carbocycles. The van der Waals surface area contributed by atoms with Gasteiger partial charge in [-0.2, -0.15) is 0 Å². The molecule has 2 heterocycles. The van der Waals surface area contributed by atoms with E-state index in [1.165, 1.54) is 0 Å². The second kappa shape index (κ2) is 5.13. The Morgan fingerprint density at radius 1 is 1.30 bits per heavy atom. The van der Waals surface area contributed by atoms with E-state index >= 15 is 0 Å². The fourth-order valence-corrected chi connectivity index (χ4v) is 2.61. The summed E-state index contributed by atoms with van der Waals surface area (Å²) in [5.74, 6) is 0. The van der Waals surface area contributed by atoms with E-state index in [1.54, 1.807) is 22.1 Å². The molecule has 0 aliphatic carbocycles. The zero-order valence-corrected chi connectivity index (χ0v) is 11.8. The van der Waals surface area contributed by atoms with Crippen LogP contribution in [0.15, 0.2) is 42.6 Å². The number of fused-ring (bicyclic) bond motifs is 1. The fourth-order valence-electron chi connectivity index (χ4n) is 2.42. The lowest BCUT2D eigenvalue weighted by Crippen LogP contribution is -2.44. The van der Waals surface area contributed by atoms with E-state index in [1.807, 2.05) is 37.4 Å². The lowest BCUT2D eigenvalue weighted by molar-refractivity contribution is 0.210. The van der Waals surface area contributed by atoms with Crippen LogP contribution in [0.4, 0.5) is 10.5 Å². The SMILES string of the molecule is CN1Cc2ccccc2N(Cc2ccnc(Cl)c2)C1=O. The number of rotatable bonds is 2. The molecule has 0 N–H and O–H groups in total. The maximum Gasteiger partial charge on any atom is 0.324 e. The van der Waals surface area contributed by atoms with Crippen LogP contribution in [0.3, 0.4) is 0 Å². The number of hydrogen-bond acceptors (Lipinski definition) is 2. The van der Waals surface area contributed by atoms with Gasteiger partial charge in [0.1, 0.15) is 5.15 Å². The standard InChI is InChI=1S/C15H14ClN3O/c1-18-10-12-4-2-3-5-13(12)19(15(18)20)9-11-6-7-17-14(16)8-11/h2-8H,9-10H2,1H3. The van der Waals surface area contributed by atoms with Crippen molar-refractivity contribution in [1.82, 2.24) is 9.88 Å². The highest BCUT2D eigenvalue weighted by Crippen LogP contribution is 2.29. The van der Waals surface area contributed by atoms with E-state index in [4.69, 9.17) is 11.6 Å². The molecule has 0 radical (unpaired) electrons. The average molecular weight is 288 g/mol. The van der Waals surface area contributed by atoms with Gasteiger partial charge in [0.2, 0.25) is 0 Å². The smallest absolute Gasteiger partial charge is 0.323 e. The molecule has 1 aromatic carbocycles. The molecule has 5 heteroatoms. The molecule has 3 rings (SSSR count). The van der Waals surface area contributed by atoms with Gasteiger partial charge in [-0.3, -0.25) is 4.90 Å². The van der Waals surface area contributed by atoms with Crippen LogP contribution in [0.1, 0.15) is 11.1 Å². The van der Waals surface area contributed by atoms with Crippen LogP contribution in [0.5, 0.6) is 0 Å². The van der Waals surface area contributed by atoms with E-state index in [2.05, 4.69) is 4.98 Å². The van der Waals surface area contributed by atoms with Crippen molar-refractivity contribution in [3.63, 3.8) is 0 Å². The Kier molecular flexibility index (Phi) is 3.32. The monoisotopic (exact) mass is 287 g/mol. The quantitative estimate of drug-likeness (QED) is 0.795. The minimum Gasteiger partial charge on any atom is -0.323 e. The first-order chi connectivity index (χ1) is 9.65. The third-order valence-electron chi connectivity index (χ3n) is 3.38. The van der Waals surface area contributed by atoms with Gasteiger partial charge in [-0.05, 0) is 29.3 Å². The maximum absolute atomic E-state index is 12.4. The first-order valence-corrected chi connectivity index (χ1v) is 6.74. The predicted molar refractivity (Wildman–Crippen MR) is 78.7 cm³/mol. The normalized spacial score (nSPS) is 14.4. The Morgan fingerprint density at radius 2 is 2.10 bits per heavy atom. The number of carbonyl (C=O) groups is 1. The van der Waals surface area contributed by atoms with Crippen molar-refractivity contribution >= 4 is 23.3 Å². The van der Waals surface area contributed by atoms with Gasteiger partial charge in [-0.1, -0.05) is 29.8 Å². The van der Waals surface area contributed by atoms with Gasteiger partial charge in [0.05, 0.1) is 12.2 Å². The van der Waals surface area contributed by atoms with Crippen molar-refractivity contribution < 1.29 is 4.79 Å². The molecule has 0 fully saturated rings. The van der Waals surface area contributed by atoms with Crippen LogP contribution >= 0.6 is 11.6 Å². The number of urea groups is 1. The molecule has 2 amide bonds. The summed E-state index contributed by atoms with van der Waals surface area (Å²) in [5.41, 5.74) is 3.07. The molecule has 0 atom stereocenters. The Hall–Kier alpha value is -2.07. The number of nitrogens with zero attached hydrogens (tertiary/aromatic N) is 3. The lowest BCUT2D eigenvalue weighted by Gasteiger charge is -2.35. The highest BCUT2D eigenvalue weighted by Gasteiger charge is 2.27. The molecule has 20 heavy (non-hydrogen) atoms. The number of anilines is 1. The Bertz CT molecular complexity index is 659. The topological polar surface area (TPSA) is 36.4 Å². The van der Waals surface area contributed by atoms with Crippen molar-refractivity contribution in [2.24, 2.45) is 0 Å². The van der Waals surface area contributed by atoms with Gasteiger partial charge in [0.25, 0.3) is 0 Å². The molecule has 0 spiro atoms. The second-order valence-electron chi connectivity index (χ2n) is 4.84. The summed E-state index contributed by atoms with van der Waals surface area (Å²) >= 11 is 5.90. The molecule has 1 aliphatic heterocycles. The number of aromatic nitrogens is 1. The summed E-state index contributed by atoms with van der Waals surface area (Å²) in [6.45, 7) is 1.13. The predicted octanol–water partition coefficient (Wildman–Crippen LogP) is 3.31. The zero-order chi connectivity index (χ0) is 14.1. The van der Waals surface area contributed by atoms with E-state index in [0.29, 0.717) is 18.2 Å². The van der Waals surface area contributed by atoms with Gasteiger partial charge in [-0.25, -0.2) is 9.78 Å². The third kappa shape index (κ3) is 2.34. The molecular weight excluding hydrogens is 274 g/mol. The largest absolute Gasteiger partial charge is 0.324 e. The first kappa shape index (κ1) is 12.9. The maximum atomic E-state index is 12.4. The van der Waals surface area contributed by atoms with Crippen LogP contribution in [0.25, 0.3) is 0 Å². The minimum absolute atomic E-state index is 0.00312. The Labute approximate surface area is 122 Å². The summed E-state index contributed by atoms with van der Waals surface area (Å²) in [6.07, 6.45) is 1.65. The number of carbonyl (C=O) groups excluding carboxylic acids is 1. The number of benzene rings is 1. The summed E-state index contributed by atoms with van der Waals surface area (Å²) in [7, 11) is 1.81. The third-order valence-corrected chi connectivity index (χ3v) is 3.59. The van der Waals surface area contributed by atoms with Crippen molar-refractivity contribution in [3.8, 4) is 0 Å². The Morgan fingerprint density at radius 3 is 2.90 bits per heavy atom. The lowest BCUT2D eigenvalue weighted by atomic mass is 10.1. The molecule has 1 aliphatic rings. The Balaban J connectivity index is 1.97. The summed E-state index contributed by atoms with van der Waals surface area (Å²) < 4.78 is 0. The van der Waals surface area contributed by atoms with Gasteiger partial charge < -0.3 is 4.90 Å². The van der Waals surface area contributed by atoms with E-state index in [-0.39, 0.29) is 6.03 Å². The fraction of sp³-hybridized carbons (Fsp3) is 0.200. The van der Waals surface area contributed by atoms with E-state index in [0.717, 1.165) is 16.8 Å². The van der Waals surface area contributed by atoms with Crippen LogP contribution in [0.2, 0.25) is 5.15 Å². The summed E-state index contributed by atoms with van der Waals surface area (Å²) in [5, 5.41) is 0.439. The molecule has 102 valence electrons. The molecule has 2 aromatic rings. The second-order valence-corrected chi connectivity index (χ2v) is 5.23. The van der Waals surface area contributed by atoms with Crippen LogP contribution in [-0.4, -0.2) is 23.0 Å². The molecule has 1 aromatic heterocycles. The average Bonchev–Trinajstić information content (AvgIpc) is 2.44. The van der Waals surface area contributed by atoms with Gasteiger partial charge in [-0.15, -0.1) is 0 Å². The highest BCUT2D eigenvalue weighted by molar-refractivity contribution is 6.29. The number of halogens is 1. The zero-order valence-electron chi connectivity index (χ0n) is 11.1. The van der Waals surface area contributed by atoms with Gasteiger partial charge >= 0.3 is 6.03 Å². The summed E-state index contributed by atoms with van der Waals surface area (Å²) in [4.78, 5) is 19.8. The van der Waals surface area contributed by atoms with Crippen molar-refractivity contribution in [1.29, 1.82) is 0 Å². The van der Waals surface area contributed by atoms with Crippen LogP contribution in [-0.2, 0) is 13.1 Å². The highest BCUT2D eigenvalue weighted by atomic mass is 35.5. The number of amides is 2. The molecule has 0 bridgehead atoms. The van der Waals surface area contributed by atoms with Crippen molar-refractivity contribution in [2.75, 3.05) is 11.9 Å².